The molecule has 1 amide bonds. The number of nitrogens with one attached hydrogen (secondary N) is 1. The molecule has 1 unspecified atom stereocenters. The van der Waals surface area contributed by atoms with Crippen molar-refractivity contribution in [3.05, 3.63) is 84.7 Å². The Labute approximate surface area is 209 Å². The van der Waals surface area contributed by atoms with Crippen molar-refractivity contribution >= 4 is 28.3 Å². The molecule has 1 atom stereocenters. The molecule has 36 heavy (non-hydrogen) atoms. The second kappa shape index (κ2) is 9.73. The van der Waals surface area contributed by atoms with Crippen molar-refractivity contribution in [1.82, 2.24) is 15.3 Å². The first-order valence-corrected chi connectivity index (χ1v) is 12.2. The Balaban J connectivity index is 1.15. The first-order chi connectivity index (χ1) is 17.8. The van der Waals surface area contributed by atoms with Crippen molar-refractivity contribution in [2.24, 2.45) is 0 Å². The zero-order valence-electron chi connectivity index (χ0n) is 19.8. The quantitative estimate of drug-likeness (QED) is 0.467. The number of carbonyl (C=O) groups excluding carboxylic acids is 1. The van der Waals surface area contributed by atoms with Gasteiger partial charge < -0.3 is 24.6 Å². The molecule has 0 bridgehead atoms. The summed E-state index contributed by atoms with van der Waals surface area (Å²) in [5.74, 6) is 3.16. The number of nitrogens with zero attached hydrogens (tertiary/aromatic N) is 4. The van der Waals surface area contributed by atoms with Gasteiger partial charge in [-0.15, -0.1) is 0 Å². The number of hydrogen-bond donors (Lipinski definition) is 1. The zero-order chi connectivity index (χ0) is 24.3. The molecule has 2 aliphatic heterocycles. The minimum absolute atomic E-state index is 0.173. The number of carbonyl (C=O) groups is 1. The second-order valence-electron chi connectivity index (χ2n) is 8.91. The molecule has 1 N–H and O–H groups in total. The van der Waals surface area contributed by atoms with Gasteiger partial charge in [0.15, 0.2) is 11.5 Å². The third-order valence-electron chi connectivity index (χ3n) is 6.63. The van der Waals surface area contributed by atoms with Gasteiger partial charge in [0.1, 0.15) is 24.3 Å². The number of anilines is 2. The van der Waals surface area contributed by atoms with Crippen molar-refractivity contribution in [2.45, 2.75) is 6.10 Å². The molecule has 2 aromatic carbocycles. The Kier molecular flexibility index (Phi) is 5.99. The first-order valence-electron chi connectivity index (χ1n) is 12.2. The van der Waals surface area contributed by atoms with E-state index in [4.69, 9.17) is 14.5 Å². The maximum Gasteiger partial charge on any atom is 0.253 e. The van der Waals surface area contributed by atoms with E-state index in [0.717, 1.165) is 54.3 Å². The van der Waals surface area contributed by atoms with E-state index in [1.165, 1.54) is 0 Å². The summed E-state index contributed by atoms with van der Waals surface area (Å²) in [4.78, 5) is 27.0. The van der Waals surface area contributed by atoms with Gasteiger partial charge in [0.25, 0.3) is 5.91 Å². The van der Waals surface area contributed by atoms with Crippen molar-refractivity contribution in [1.29, 1.82) is 0 Å². The highest BCUT2D eigenvalue weighted by atomic mass is 16.6. The number of pyridine rings is 2. The van der Waals surface area contributed by atoms with Crippen LogP contribution in [0.3, 0.4) is 0 Å². The number of amides is 1. The van der Waals surface area contributed by atoms with Crippen LogP contribution < -0.4 is 24.6 Å². The van der Waals surface area contributed by atoms with E-state index in [9.17, 15) is 4.79 Å². The largest absolute Gasteiger partial charge is 0.486 e. The van der Waals surface area contributed by atoms with Gasteiger partial charge in [-0.05, 0) is 29.7 Å². The highest BCUT2D eigenvalue weighted by molar-refractivity contribution is 6.09. The number of para-hydroxylation sites is 2. The summed E-state index contributed by atoms with van der Waals surface area (Å²) < 4.78 is 11.7. The Morgan fingerprint density at radius 1 is 0.861 bits per heavy atom. The normalized spacial score (nSPS) is 17.2. The number of fused-ring (bicyclic) bond motifs is 2. The molecule has 1 fully saturated rings. The van der Waals surface area contributed by atoms with Gasteiger partial charge in [0.05, 0.1) is 12.1 Å². The Bertz CT molecular complexity index is 1370. The molecule has 0 aliphatic carbocycles. The van der Waals surface area contributed by atoms with E-state index in [1.807, 2.05) is 72.9 Å². The van der Waals surface area contributed by atoms with Gasteiger partial charge in [0.2, 0.25) is 0 Å². The molecule has 0 saturated carbocycles. The average Bonchev–Trinajstić information content (AvgIpc) is 2.96. The van der Waals surface area contributed by atoms with Crippen LogP contribution in [0.1, 0.15) is 10.4 Å². The highest BCUT2D eigenvalue weighted by Gasteiger charge is 2.24. The van der Waals surface area contributed by atoms with Crippen LogP contribution in [0.2, 0.25) is 0 Å². The van der Waals surface area contributed by atoms with E-state index in [0.29, 0.717) is 24.5 Å². The summed E-state index contributed by atoms with van der Waals surface area (Å²) in [6.07, 6.45) is 3.26. The SMILES string of the molecule is O=C(NCC1COc2ccccc2O1)c1cnc(N2CCN(c3ccccn3)CC2)c2ccccc12. The summed E-state index contributed by atoms with van der Waals surface area (Å²) in [5.41, 5.74) is 0.554. The fourth-order valence-corrected chi connectivity index (χ4v) is 4.76. The van der Waals surface area contributed by atoms with Crippen LogP contribution in [-0.4, -0.2) is 61.3 Å². The lowest BCUT2D eigenvalue weighted by Gasteiger charge is -2.36. The Morgan fingerprint density at radius 2 is 1.58 bits per heavy atom. The number of hydrogen-bond acceptors (Lipinski definition) is 7. The number of benzene rings is 2. The van der Waals surface area contributed by atoms with Crippen LogP contribution >= 0.6 is 0 Å². The van der Waals surface area contributed by atoms with E-state index in [-0.39, 0.29) is 12.0 Å². The number of ether oxygens (including phenoxy) is 2. The third-order valence-corrected chi connectivity index (χ3v) is 6.63. The van der Waals surface area contributed by atoms with Gasteiger partial charge >= 0.3 is 0 Å². The monoisotopic (exact) mass is 481 g/mol. The minimum atomic E-state index is -0.252. The average molecular weight is 482 g/mol. The van der Waals surface area contributed by atoms with Crippen LogP contribution in [0.4, 0.5) is 11.6 Å². The van der Waals surface area contributed by atoms with Gasteiger partial charge in [-0.3, -0.25) is 4.79 Å². The number of aromatic nitrogens is 2. The Morgan fingerprint density at radius 3 is 2.39 bits per heavy atom. The Hall–Kier alpha value is -4.33. The standard InChI is InChI=1S/C28H27N5O3/c34-28(31-17-20-19-35-24-9-3-4-10-25(24)36-20)23-18-30-27(22-8-2-1-7-21(22)23)33-15-13-32(14-16-33)26-11-5-6-12-29-26/h1-12,18,20H,13-17,19H2,(H,31,34). The van der Waals surface area contributed by atoms with Crippen molar-refractivity contribution < 1.29 is 14.3 Å². The topological polar surface area (TPSA) is 79.8 Å². The molecule has 4 heterocycles. The fourth-order valence-electron chi connectivity index (χ4n) is 4.76. The summed E-state index contributed by atoms with van der Waals surface area (Å²) in [7, 11) is 0. The number of rotatable bonds is 5. The van der Waals surface area contributed by atoms with E-state index in [2.05, 4.69) is 20.1 Å². The predicted octanol–water partition coefficient (Wildman–Crippen LogP) is 3.53. The molecule has 0 spiro atoms. The van der Waals surface area contributed by atoms with E-state index < -0.39 is 0 Å². The minimum Gasteiger partial charge on any atom is -0.486 e. The van der Waals surface area contributed by atoms with Gasteiger partial charge in [0, 0.05) is 44.0 Å². The zero-order valence-corrected chi connectivity index (χ0v) is 19.8. The summed E-state index contributed by atoms with van der Waals surface area (Å²) >= 11 is 0. The fraction of sp³-hybridized carbons (Fsp3) is 0.250. The summed E-state index contributed by atoms with van der Waals surface area (Å²) in [6.45, 7) is 4.13. The lowest BCUT2D eigenvalue weighted by atomic mass is 10.1. The summed E-state index contributed by atoms with van der Waals surface area (Å²) in [5, 5.41) is 4.87. The lowest BCUT2D eigenvalue weighted by Crippen LogP contribution is -2.47. The molecule has 182 valence electrons. The molecule has 2 aliphatic rings. The molecule has 1 saturated heterocycles. The van der Waals surface area contributed by atoms with Crippen LogP contribution in [0.25, 0.3) is 10.8 Å². The van der Waals surface area contributed by atoms with Gasteiger partial charge in [-0.2, -0.15) is 0 Å². The highest BCUT2D eigenvalue weighted by Crippen LogP contribution is 2.31. The van der Waals surface area contributed by atoms with E-state index in [1.54, 1.807) is 6.20 Å². The third kappa shape index (κ3) is 4.37. The predicted molar refractivity (Wildman–Crippen MR) is 139 cm³/mol. The second-order valence-corrected chi connectivity index (χ2v) is 8.91. The van der Waals surface area contributed by atoms with E-state index >= 15 is 0 Å². The summed E-state index contributed by atoms with van der Waals surface area (Å²) in [6, 6.07) is 21.5. The molecule has 6 rings (SSSR count). The van der Waals surface area contributed by atoms with Crippen LogP contribution in [0.5, 0.6) is 11.5 Å². The van der Waals surface area contributed by atoms with Crippen molar-refractivity contribution in [3.8, 4) is 11.5 Å². The molecule has 2 aromatic heterocycles. The molecule has 8 heteroatoms. The molecular weight excluding hydrogens is 454 g/mol. The maximum absolute atomic E-state index is 13.2. The van der Waals surface area contributed by atoms with Crippen LogP contribution in [-0.2, 0) is 0 Å². The molecule has 0 radical (unpaired) electrons. The van der Waals surface area contributed by atoms with Crippen LogP contribution in [0.15, 0.2) is 79.1 Å². The van der Waals surface area contributed by atoms with Crippen molar-refractivity contribution in [3.63, 3.8) is 0 Å². The van der Waals surface area contributed by atoms with Crippen LogP contribution in [0, 0.1) is 0 Å². The maximum atomic E-state index is 13.2. The van der Waals surface area contributed by atoms with Crippen molar-refractivity contribution in [2.75, 3.05) is 49.1 Å². The molecular formula is C28H27N5O3. The first kappa shape index (κ1) is 22.2. The molecule has 4 aromatic rings. The lowest BCUT2D eigenvalue weighted by molar-refractivity contribution is 0.0790. The molecule has 8 nitrogen and oxygen atoms in total. The smallest absolute Gasteiger partial charge is 0.253 e. The number of piperazine rings is 1. The van der Waals surface area contributed by atoms with Gasteiger partial charge in [-0.25, -0.2) is 9.97 Å². The van der Waals surface area contributed by atoms with Gasteiger partial charge in [-0.1, -0.05) is 42.5 Å².